The summed E-state index contributed by atoms with van der Waals surface area (Å²) in [5.74, 6) is 1.05. The number of rotatable bonds is 7. The van der Waals surface area contributed by atoms with Crippen LogP contribution in [0, 0.1) is 5.92 Å². The molecule has 0 saturated heterocycles. The molecular weight excluding hydrogens is 376 g/mol. The number of hydrogen-bond donors (Lipinski definition) is 1. The molecular formula is C20H22N4O3S. The Morgan fingerprint density at radius 2 is 1.82 bits per heavy atom. The first-order valence-electron chi connectivity index (χ1n) is 8.92. The van der Waals surface area contributed by atoms with Gasteiger partial charge in [0.1, 0.15) is 0 Å². The Balaban J connectivity index is 1.67. The summed E-state index contributed by atoms with van der Waals surface area (Å²) >= 11 is 1.34. The smallest absolute Gasteiger partial charge is 0.226 e. The van der Waals surface area contributed by atoms with Crippen molar-refractivity contribution in [3.05, 3.63) is 48.2 Å². The number of carbonyl (C=O) groups is 2. The van der Waals surface area contributed by atoms with Crippen molar-refractivity contribution in [3.8, 4) is 11.6 Å². The van der Waals surface area contributed by atoms with Crippen LogP contribution >= 0.6 is 11.8 Å². The lowest BCUT2D eigenvalue weighted by atomic mass is 10.1. The van der Waals surface area contributed by atoms with Crippen LogP contribution in [0.2, 0.25) is 0 Å². The summed E-state index contributed by atoms with van der Waals surface area (Å²) in [6.07, 6.45) is 1.58. The van der Waals surface area contributed by atoms with Crippen LogP contribution in [-0.4, -0.2) is 31.7 Å². The molecule has 0 aliphatic carbocycles. The standard InChI is InChI=1S/C20H22N4O3S/c1-12(2)19(26)21-15-9-7-14(8-10-15)17(25)13(3)28-20-23-22-18(24(20)4)16-6-5-11-27-16/h5-13H,1-4H3,(H,21,26)/t13-/m0/s1. The molecule has 1 amide bonds. The molecule has 1 N–H and O–H groups in total. The van der Waals surface area contributed by atoms with E-state index in [1.54, 1.807) is 41.2 Å². The number of benzene rings is 1. The van der Waals surface area contributed by atoms with Gasteiger partial charge in [0.25, 0.3) is 0 Å². The Kier molecular flexibility index (Phi) is 5.99. The van der Waals surface area contributed by atoms with Crippen molar-refractivity contribution in [3.63, 3.8) is 0 Å². The zero-order valence-electron chi connectivity index (χ0n) is 16.2. The van der Waals surface area contributed by atoms with Gasteiger partial charge >= 0.3 is 0 Å². The average Bonchev–Trinajstić information content (AvgIpc) is 3.32. The average molecular weight is 398 g/mol. The molecule has 0 spiro atoms. The number of hydrogen-bond acceptors (Lipinski definition) is 6. The van der Waals surface area contributed by atoms with E-state index in [1.165, 1.54) is 11.8 Å². The van der Waals surface area contributed by atoms with Gasteiger partial charge < -0.3 is 14.3 Å². The summed E-state index contributed by atoms with van der Waals surface area (Å²) in [6.45, 7) is 5.49. The summed E-state index contributed by atoms with van der Waals surface area (Å²) in [4.78, 5) is 24.5. The molecule has 146 valence electrons. The maximum Gasteiger partial charge on any atom is 0.226 e. The molecule has 2 heterocycles. The van der Waals surface area contributed by atoms with Crippen LogP contribution < -0.4 is 5.32 Å². The van der Waals surface area contributed by atoms with Crippen LogP contribution in [-0.2, 0) is 11.8 Å². The molecule has 1 aromatic carbocycles. The minimum absolute atomic E-state index is 0.0192. The van der Waals surface area contributed by atoms with Gasteiger partial charge in [0.15, 0.2) is 22.5 Å². The van der Waals surface area contributed by atoms with Gasteiger partial charge in [-0.05, 0) is 43.3 Å². The first kappa shape index (κ1) is 19.9. The van der Waals surface area contributed by atoms with Crippen LogP contribution in [0.3, 0.4) is 0 Å². The number of Topliss-reactive ketones (excluding diaryl/α,β-unsaturated/α-hetero) is 1. The predicted molar refractivity (Wildman–Crippen MR) is 108 cm³/mol. The van der Waals surface area contributed by atoms with Crippen molar-refractivity contribution < 1.29 is 14.0 Å². The third-order valence-electron chi connectivity index (χ3n) is 4.19. The van der Waals surface area contributed by atoms with Crippen molar-refractivity contribution in [1.82, 2.24) is 14.8 Å². The second-order valence-electron chi connectivity index (χ2n) is 6.69. The van der Waals surface area contributed by atoms with Crippen LogP contribution in [0.1, 0.15) is 31.1 Å². The number of furan rings is 1. The van der Waals surface area contributed by atoms with E-state index < -0.39 is 0 Å². The second-order valence-corrected chi connectivity index (χ2v) is 8.00. The lowest BCUT2D eigenvalue weighted by molar-refractivity contribution is -0.118. The fourth-order valence-corrected chi connectivity index (χ4v) is 3.38. The quantitative estimate of drug-likeness (QED) is 0.477. The van der Waals surface area contributed by atoms with Gasteiger partial charge in [-0.3, -0.25) is 9.59 Å². The molecule has 2 aromatic heterocycles. The Bertz CT molecular complexity index is 962. The maximum atomic E-state index is 12.8. The lowest BCUT2D eigenvalue weighted by Gasteiger charge is -2.11. The first-order valence-corrected chi connectivity index (χ1v) is 9.80. The van der Waals surface area contributed by atoms with E-state index in [4.69, 9.17) is 4.42 Å². The highest BCUT2D eigenvalue weighted by atomic mass is 32.2. The Hall–Kier alpha value is -2.87. The third-order valence-corrected chi connectivity index (χ3v) is 5.32. The summed E-state index contributed by atoms with van der Waals surface area (Å²) < 4.78 is 7.16. The highest BCUT2D eigenvalue weighted by molar-refractivity contribution is 8.00. The largest absolute Gasteiger partial charge is 0.461 e. The molecule has 0 fully saturated rings. The fourth-order valence-electron chi connectivity index (χ4n) is 2.49. The van der Waals surface area contributed by atoms with E-state index in [0.717, 1.165) is 0 Å². The zero-order valence-corrected chi connectivity index (χ0v) is 17.0. The highest BCUT2D eigenvalue weighted by Crippen LogP contribution is 2.27. The normalized spacial score (nSPS) is 12.2. The van der Waals surface area contributed by atoms with Crippen LogP contribution in [0.5, 0.6) is 0 Å². The van der Waals surface area contributed by atoms with Crippen LogP contribution in [0.4, 0.5) is 5.69 Å². The fraction of sp³-hybridized carbons (Fsp3) is 0.300. The molecule has 1 atom stereocenters. The number of nitrogens with zero attached hydrogens (tertiary/aromatic N) is 3. The Labute approximate surface area is 167 Å². The first-order chi connectivity index (χ1) is 13.4. The maximum absolute atomic E-state index is 12.8. The monoisotopic (exact) mass is 398 g/mol. The van der Waals surface area contributed by atoms with Gasteiger partial charge in [-0.2, -0.15) is 0 Å². The molecule has 3 rings (SSSR count). The van der Waals surface area contributed by atoms with E-state index in [-0.39, 0.29) is 22.9 Å². The number of anilines is 1. The summed E-state index contributed by atoms with van der Waals surface area (Å²) in [7, 11) is 1.84. The summed E-state index contributed by atoms with van der Waals surface area (Å²) in [6, 6.07) is 10.5. The van der Waals surface area contributed by atoms with Gasteiger partial charge in [0.2, 0.25) is 5.91 Å². The minimum atomic E-state index is -0.344. The minimum Gasteiger partial charge on any atom is -0.461 e. The molecule has 3 aromatic rings. The van der Waals surface area contributed by atoms with Crippen molar-refractivity contribution in [1.29, 1.82) is 0 Å². The molecule has 0 aliphatic heterocycles. The lowest BCUT2D eigenvalue weighted by Crippen LogP contribution is -2.18. The molecule has 0 bridgehead atoms. The molecule has 0 aliphatic rings. The topological polar surface area (TPSA) is 90.0 Å². The number of thioether (sulfide) groups is 1. The number of ketones is 1. The predicted octanol–water partition coefficient (Wildman–Crippen LogP) is 4.03. The molecule has 8 heteroatoms. The highest BCUT2D eigenvalue weighted by Gasteiger charge is 2.21. The number of aromatic nitrogens is 3. The van der Waals surface area contributed by atoms with Gasteiger partial charge in [-0.15, -0.1) is 10.2 Å². The van der Waals surface area contributed by atoms with E-state index >= 15 is 0 Å². The van der Waals surface area contributed by atoms with E-state index in [0.29, 0.717) is 28.0 Å². The van der Waals surface area contributed by atoms with E-state index in [2.05, 4.69) is 15.5 Å². The molecule has 0 radical (unpaired) electrons. The van der Waals surface area contributed by atoms with Crippen molar-refractivity contribution >= 4 is 29.1 Å². The van der Waals surface area contributed by atoms with Gasteiger partial charge in [-0.25, -0.2) is 0 Å². The van der Waals surface area contributed by atoms with Gasteiger partial charge in [-0.1, -0.05) is 25.6 Å². The summed E-state index contributed by atoms with van der Waals surface area (Å²) in [5.41, 5.74) is 1.25. The van der Waals surface area contributed by atoms with Crippen LogP contribution in [0.15, 0.2) is 52.2 Å². The Morgan fingerprint density at radius 3 is 2.43 bits per heavy atom. The van der Waals surface area contributed by atoms with Gasteiger partial charge in [0.05, 0.1) is 11.5 Å². The molecule has 0 saturated carbocycles. The van der Waals surface area contributed by atoms with Crippen molar-refractivity contribution in [2.45, 2.75) is 31.2 Å². The van der Waals surface area contributed by atoms with Gasteiger partial charge in [0, 0.05) is 24.2 Å². The third kappa shape index (κ3) is 4.33. The summed E-state index contributed by atoms with van der Waals surface area (Å²) in [5, 5.41) is 11.4. The zero-order chi connectivity index (χ0) is 20.3. The van der Waals surface area contributed by atoms with E-state index in [1.807, 2.05) is 33.9 Å². The molecule has 7 nitrogen and oxygen atoms in total. The SMILES string of the molecule is CC(C)C(=O)Nc1ccc(C(=O)[C@H](C)Sc2nnc(-c3ccco3)n2C)cc1. The molecule has 28 heavy (non-hydrogen) atoms. The number of carbonyl (C=O) groups excluding carboxylic acids is 2. The number of nitrogens with one attached hydrogen (secondary N) is 1. The number of amides is 1. The van der Waals surface area contributed by atoms with Crippen LogP contribution in [0.25, 0.3) is 11.6 Å². The van der Waals surface area contributed by atoms with Crippen molar-refractivity contribution in [2.24, 2.45) is 13.0 Å². The second kappa shape index (κ2) is 8.43. The Morgan fingerprint density at radius 1 is 1.11 bits per heavy atom. The molecule has 0 unspecified atom stereocenters. The van der Waals surface area contributed by atoms with Crippen molar-refractivity contribution in [2.75, 3.05) is 5.32 Å². The van der Waals surface area contributed by atoms with E-state index in [9.17, 15) is 9.59 Å².